The minimum absolute atomic E-state index is 0.116. The lowest BCUT2D eigenvalue weighted by Crippen LogP contribution is -2.35. The molecule has 0 saturated carbocycles. The number of furan rings is 1. The van der Waals surface area contributed by atoms with Gasteiger partial charge in [-0.2, -0.15) is 0 Å². The minimum Gasteiger partial charge on any atom is -0.467 e. The number of carbonyl (C=O) groups is 1. The lowest BCUT2D eigenvalue weighted by molar-refractivity contribution is -0.118. The summed E-state index contributed by atoms with van der Waals surface area (Å²) in [5.74, 6) is 2.19. The number of hydrogen-bond acceptors (Lipinski definition) is 6. The highest BCUT2D eigenvalue weighted by Gasteiger charge is 2.27. The van der Waals surface area contributed by atoms with Gasteiger partial charge >= 0.3 is 0 Å². The second-order valence-electron chi connectivity index (χ2n) is 7.30. The zero-order chi connectivity index (χ0) is 18.7. The van der Waals surface area contributed by atoms with Crippen molar-refractivity contribution >= 4 is 23.6 Å². The number of carbonyl (C=O) groups excluding carboxylic acids is 1. The van der Waals surface area contributed by atoms with Crippen molar-refractivity contribution in [2.45, 2.75) is 50.6 Å². The van der Waals surface area contributed by atoms with E-state index >= 15 is 0 Å². The molecule has 1 saturated heterocycles. The molecule has 2 N–H and O–H groups in total. The molecule has 1 aliphatic heterocycles. The van der Waals surface area contributed by atoms with Gasteiger partial charge in [0.15, 0.2) is 5.16 Å². The molecular weight excluding hydrogens is 350 g/mol. The first kappa shape index (κ1) is 18.8. The molecule has 2 aromatic rings. The van der Waals surface area contributed by atoms with Crippen molar-refractivity contribution in [3.8, 4) is 0 Å². The van der Waals surface area contributed by atoms with Crippen molar-refractivity contribution in [3.05, 3.63) is 24.2 Å². The van der Waals surface area contributed by atoms with Crippen LogP contribution in [0, 0.1) is 11.8 Å². The van der Waals surface area contributed by atoms with Gasteiger partial charge < -0.3 is 15.1 Å². The van der Waals surface area contributed by atoms with Crippen LogP contribution in [-0.2, 0) is 11.3 Å². The number of nitrogens with zero attached hydrogens (tertiary/aromatic N) is 4. The molecule has 0 radical (unpaired) electrons. The number of rotatable bonds is 7. The highest BCUT2D eigenvalue weighted by Crippen LogP contribution is 2.31. The van der Waals surface area contributed by atoms with Gasteiger partial charge in [0.05, 0.1) is 18.1 Å². The van der Waals surface area contributed by atoms with Gasteiger partial charge in [-0.1, -0.05) is 32.5 Å². The van der Waals surface area contributed by atoms with Crippen LogP contribution in [0.25, 0.3) is 0 Å². The predicted molar refractivity (Wildman–Crippen MR) is 102 cm³/mol. The Labute approximate surface area is 158 Å². The first-order valence-electron chi connectivity index (χ1n) is 9.12. The summed E-state index contributed by atoms with van der Waals surface area (Å²) in [6, 6.07) is 3.81. The molecule has 1 atom stereocenters. The van der Waals surface area contributed by atoms with Gasteiger partial charge in [0.1, 0.15) is 5.76 Å². The van der Waals surface area contributed by atoms with E-state index in [0.29, 0.717) is 11.7 Å². The van der Waals surface area contributed by atoms with Gasteiger partial charge in [-0.05, 0) is 36.8 Å². The van der Waals surface area contributed by atoms with E-state index in [-0.39, 0.29) is 17.1 Å². The van der Waals surface area contributed by atoms with Gasteiger partial charge in [0.25, 0.3) is 0 Å². The third kappa shape index (κ3) is 4.23. The Morgan fingerprint density at radius 1 is 1.38 bits per heavy atom. The van der Waals surface area contributed by atoms with E-state index < -0.39 is 0 Å². The minimum atomic E-state index is -0.344. The zero-order valence-electron chi connectivity index (χ0n) is 15.6. The summed E-state index contributed by atoms with van der Waals surface area (Å²) in [7, 11) is 0. The number of aromatic nitrogens is 3. The Bertz CT molecular complexity index is 720. The summed E-state index contributed by atoms with van der Waals surface area (Å²) in [5, 5.41) is 9.18. The SMILES string of the molecule is CC1CCN(c2nnc(S[C@@H](C(N)=O)C(C)C)n2Cc2ccco2)CC1. The average molecular weight is 378 g/mol. The topological polar surface area (TPSA) is 90.2 Å². The first-order chi connectivity index (χ1) is 12.5. The summed E-state index contributed by atoms with van der Waals surface area (Å²) >= 11 is 1.39. The lowest BCUT2D eigenvalue weighted by atomic mass is 10.00. The van der Waals surface area contributed by atoms with Crippen molar-refractivity contribution in [2.75, 3.05) is 18.0 Å². The van der Waals surface area contributed by atoms with E-state index in [4.69, 9.17) is 10.2 Å². The second-order valence-corrected chi connectivity index (χ2v) is 8.41. The van der Waals surface area contributed by atoms with Crippen LogP contribution in [0.3, 0.4) is 0 Å². The summed E-state index contributed by atoms with van der Waals surface area (Å²) < 4.78 is 7.56. The number of amides is 1. The van der Waals surface area contributed by atoms with Crippen LogP contribution in [0.1, 0.15) is 39.4 Å². The van der Waals surface area contributed by atoms with E-state index in [1.165, 1.54) is 11.8 Å². The van der Waals surface area contributed by atoms with Crippen molar-refractivity contribution in [1.29, 1.82) is 0 Å². The van der Waals surface area contributed by atoms with Gasteiger partial charge in [-0.15, -0.1) is 10.2 Å². The molecular formula is C18H27N5O2S. The molecule has 142 valence electrons. The Morgan fingerprint density at radius 2 is 2.12 bits per heavy atom. The molecule has 0 aliphatic carbocycles. The fourth-order valence-electron chi connectivity index (χ4n) is 3.14. The molecule has 3 rings (SSSR count). The first-order valence-corrected chi connectivity index (χ1v) is 10.00. The molecule has 1 fully saturated rings. The van der Waals surface area contributed by atoms with E-state index in [1.807, 2.05) is 30.5 Å². The number of nitrogens with two attached hydrogens (primary N) is 1. The van der Waals surface area contributed by atoms with E-state index in [1.54, 1.807) is 6.26 Å². The zero-order valence-corrected chi connectivity index (χ0v) is 16.4. The van der Waals surface area contributed by atoms with Crippen molar-refractivity contribution in [2.24, 2.45) is 17.6 Å². The average Bonchev–Trinajstić information content (AvgIpc) is 3.23. The lowest BCUT2D eigenvalue weighted by Gasteiger charge is -2.31. The number of thioether (sulfide) groups is 1. The summed E-state index contributed by atoms with van der Waals surface area (Å²) in [4.78, 5) is 14.1. The standard InChI is InChI=1S/C18H27N5O2S/c1-12(2)15(16(19)24)26-18-21-20-17(22-8-6-13(3)7-9-22)23(18)11-14-5-4-10-25-14/h4-5,10,12-13,15H,6-9,11H2,1-3H3,(H2,19,24)/t15-/m1/s1. The van der Waals surface area contributed by atoms with Crippen LogP contribution in [-0.4, -0.2) is 39.0 Å². The molecule has 0 unspecified atom stereocenters. The van der Waals surface area contributed by atoms with Crippen LogP contribution in [0.4, 0.5) is 5.95 Å². The number of piperidine rings is 1. The molecule has 0 bridgehead atoms. The predicted octanol–water partition coefficient (Wildman–Crippen LogP) is 2.76. The normalized spacial score (nSPS) is 17.0. The second kappa shape index (κ2) is 8.16. The van der Waals surface area contributed by atoms with Crippen molar-refractivity contribution < 1.29 is 9.21 Å². The van der Waals surface area contributed by atoms with Gasteiger partial charge in [-0.3, -0.25) is 9.36 Å². The summed E-state index contributed by atoms with van der Waals surface area (Å²) in [5.41, 5.74) is 5.59. The Morgan fingerprint density at radius 3 is 2.69 bits per heavy atom. The van der Waals surface area contributed by atoms with Crippen molar-refractivity contribution in [3.63, 3.8) is 0 Å². The van der Waals surface area contributed by atoms with E-state index in [0.717, 1.165) is 43.6 Å². The maximum atomic E-state index is 11.8. The van der Waals surface area contributed by atoms with Crippen LogP contribution >= 0.6 is 11.8 Å². The summed E-state index contributed by atoms with van der Waals surface area (Å²) in [6.45, 7) is 8.72. The quantitative estimate of drug-likeness (QED) is 0.746. The maximum Gasteiger partial charge on any atom is 0.231 e. The van der Waals surface area contributed by atoms with E-state index in [9.17, 15) is 4.79 Å². The highest BCUT2D eigenvalue weighted by molar-refractivity contribution is 8.00. The molecule has 26 heavy (non-hydrogen) atoms. The molecule has 2 aromatic heterocycles. The number of hydrogen-bond donors (Lipinski definition) is 1. The molecule has 0 aromatic carbocycles. The monoisotopic (exact) mass is 377 g/mol. The molecule has 3 heterocycles. The third-order valence-electron chi connectivity index (χ3n) is 4.78. The Kier molecular flexibility index (Phi) is 5.90. The fraction of sp³-hybridized carbons (Fsp3) is 0.611. The fourth-order valence-corrected chi connectivity index (χ4v) is 4.12. The van der Waals surface area contributed by atoms with Crippen LogP contribution < -0.4 is 10.6 Å². The van der Waals surface area contributed by atoms with Gasteiger partial charge in [0.2, 0.25) is 11.9 Å². The van der Waals surface area contributed by atoms with Gasteiger partial charge in [-0.25, -0.2) is 0 Å². The highest BCUT2D eigenvalue weighted by atomic mass is 32.2. The molecule has 8 heteroatoms. The molecule has 1 amide bonds. The summed E-state index contributed by atoms with van der Waals surface area (Å²) in [6.07, 6.45) is 3.95. The Balaban J connectivity index is 1.89. The van der Waals surface area contributed by atoms with Crippen LogP contribution in [0.2, 0.25) is 0 Å². The molecule has 0 spiro atoms. The largest absolute Gasteiger partial charge is 0.467 e. The van der Waals surface area contributed by atoms with Crippen LogP contribution in [0.15, 0.2) is 28.0 Å². The number of primary amides is 1. The molecule has 7 nitrogen and oxygen atoms in total. The Hall–Kier alpha value is -1.96. The smallest absolute Gasteiger partial charge is 0.231 e. The maximum absolute atomic E-state index is 11.8. The van der Waals surface area contributed by atoms with Crippen molar-refractivity contribution in [1.82, 2.24) is 14.8 Å². The van der Waals surface area contributed by atoms with Gasteiger partial charge in [0, 0.05) is 13.1 Å². The molecule has 1 aliphatic rings. The number of anilines is 1. The van der Waals surface area contributed by atoms with E-state index in [2.05, 4.69) is 22.0 Å². The third-order valence-corrected chi connectivity index (χ3v) is 6.32. The van der Waals surface area contributed by atoms with Crippen LogP contribution in [0.5, 0.6) is 0 Å².